The van der Waals surface area contributed by atoms with E-state index in [1.807, 2.05) is 6.07 Å². The summed E-state index contributed by atoms with van der Waals surface area (Å²) in [6, 6.07) is 17.0. The number of hydrogen-bond donors (Lipinski definition) is 2. The van der Waals surface area contributed by atoms with Crippen molar-refractivity contribution in [3.05, 3.63) is 65.2 Å². The Hall–Kier alpha value is -2.40. The van der Waals surface area contributed by atoms with Gasteiger partial charge >= 0.3 is 0 Å². The lowest BCUT2D eigenvalue weighted by molar-refractivity contribution is -0.620. The zero-order valence-corrected chi connectivity index (χ0v) is 15.0. The smallest absolute Gasteiger partial charge is 0.146 e. The van der Waals surface area contributed by atoms with Crippen LogP contribution in [0.4, 0.5) is 5.69 Å². The maximum atomic E-state index is 7.47. The molecule has 6 nitrogen and oxygen atoms in total. The molecule has 26 heavy (non-hydrogen) atoms. The summed E-state index contributed by atoms with van der Waals surface area (Å²) < 4.78 is 0. The Kier molecular flexibility index (Phi) is 8.09. The Labute approximate surface area is 153 Å². The maximum Gasteiger partial charge on any atom is 0.146 e. The topological polar surface area (TPSA) is 77.2 Å². The van der Waals surface area contributed by atoms with Crippen LogP contribution in [0.1, 0.15) is 29.5 Å². The summed E-state index contributed by atoms with van der Waals surface area (Å²) in [6.45, 7) is 3.74. The lowest BCUT2D eigenvalue weighted by Crippen LogP contribution is -2.31. The quantitative estimate of drug-likeness (QED) is 0.288. The van der Waals surface area contributed by atoms with E-state index in [0.717, 1.165) is 18.8 Å². The number of nitrogen functional groups attached to an aromatic ring is 1. The molecule has 0 spiro atoms. The fourth-order valence-corrected chi connectivity index (χ4v) is 2.99. The molecule has 6 heteroatoms. The molecule has 0 aliphatic carbocycles. The van der Waals surface area contributed by atoms with Crippen molar-refractivity contribution in [2.24, 2.45) is 0 Å². The summed E-state index contributed by atoms with van der Waals surface area (Å²) in [7, 11) is 2.16. The van der Waals surface area contributed by atoms with Gasteiger partial charge in [0, 0.05) is 24.7 Å². The van der Waals surface area contributed by atoms with Gasteiger partial charge < -0.3 is 10.6 Å². The lowest BCUT2D eigenvalue weighted by Gasteiger charge is -2.33. The molecule has 3 rings (SSSR count). The van der Waals surface area contributed by atoms with Crippen LogP contribution in [-0.4, -0.2) is 30.4 Å². The molecule has 0 radical (unpaired) electrons. The maximum absolute atomic E-state index is 7.47. The van der Waals surface area contributed by atoms with Crippen molar-refractivity contribution in [1.82, 2.24) is 4.90 Å². The average Bonchev–Trinajstić information content (AvgIpc) is 2.67. The van der Waals surface area contributed by atoms with Crippen molar-refractivity contribution >= 4 is 5.69 Å². The minimum Gasteiger partial charge on any atom is -0.398 e. The van der Waals surface area contributed by atoms with Gasteiger partial charge in [-0.3, -0.25) is 0 Å². The minimum atomic E-state index is 0.0804. The SMILES string of the molecule is CC#CCOOOO.CN1Cc2c(N)cccc2C(c2ccccc2)C1. The van der Waals surface area contributed by atoms with Crippen molar-refractivity contribution in [2.45, 2.75) is 19.4 Å². The number of nitrogens with zero attached hydrogens (tertiary/aromatic N) is 1. The van der Waals surface area contributed by atoms with Gasteiger partial charge in [-0.25, -0.2) is 5.26 Å². The van der Waals surface area contributed by atoms with Crippen LogP contribution in [0.5, 0.6) is 0 Å². The van der Waals surface area contributed by atoms with E-state index in [0.29, 0.717) is 5.92 Å². The number of nitrogens with two attached hydrogens (primary N) is 1. The zero-order valence-electron chi connectivity index (χ0n) is 15.0. The van der Waals surface area contributed by atoms with E-state index in [-0.39, 0.29) is 6.61 Å². The van der Waals surface area contributed by atoms with Crippen LogP contribution < -0.4 is 5.73 Å². The molecule has 2 aromatic carbocycles. The van der Waals surface area contributed by atoms with Gasteiger partial charge in [-0.15, -0.1) is 5.92 Å². The summed E-state index contributed by atoms with van der Waals surface area (Å²) in [5.74, 6) is 5.46. The Bertz CT molecular complexity index is 740. The van der Waals surface area contributed by atoms with Gasteiger partial charge in [0.15, 0.2) is 0 Å². The standard InChI is InChI=1S/C16H18N2.C4H6O4/c1-18-10-14(12-6-3-2-4-7-12)13-8-5-9-16(17)15(13)11-18;1-2-3-4-6-8-7-5/h2-9,14H,10-11,17H2,1H3;5H,4H2,1H3. The Morgan fingerprint density at radius 3 is 2.65 bits per heavy atom. The van der Waals surface area contributed by atoms with Crippen LogP contribution in [0, 0.1) is 11.8 Å². The molecule has 0 bridgehead atoms. The first-order chi connectivity index (χ1) is 12.7. The van der Waals surface area contributed by atoms with Gasteiger partial charge in [-0.1, -0.05) is 48.4 Å². The Balaban J connectivity index is 0.000000260. The molecule has 1 aliphatic rings. The molecule has 0 saturated heterocycles. The van der Waals surface area contributed by atoms with Crippen LogP contribution in [0.25, 0.3) is 0 Å². The third-order valence-corrected chi connectivity index (χ3v) is 4.13. The molecule has 1 unspecified atom stereocenters. The van der Waals surface area contributed by atoms with E-state index < -0.39 is 0 Å². The van der Waals surface area contributed by atoms with E-state index in [4.69, 9.17) is 11.0 Å². The van der Waals surface area contributed by atoms with E-state index in [1.165, 1.54) is 16.7 Å². The third-order valence-electron chi connectivity index (χ3n) is 4.13. The predicted octanol–water partition coefficient (Wildman–Crippen LogP) is 3.21. The number of benzene rings is 2. The highest BCUT2D eigenvalue weighted by atomic mass is 17.6. The fourth-order valence-electron chi connectivity index (χ4n) is 2.99. The number of anilines is 1. The van der Waals surface area contributed by atoms with Gasteiger partial charge in [0.05, 0.1) is 0 Å². The first-order valence-electron chi connectivity index (χ1n) is 8.27. The molecule has 2 aromatic rings. The lowest BCUT2D eigenvalue weighted by atomic mass is 9.84. The van der Waals surface area contributed by atoms with Crippen molar-refractivity contribution < 1.29 is 20.2 Å². The van der Waals surface area contributed by atoms with E-state index in [2.05, 4.69) is 81.2 Å². The molecule has 1 atom stereocenters. The highest BCUT2D eigenvalue weighted by molar-refractivity contribution is 5.55. The number of rotatable bonds is 4. The second kappa shape index (κ2) is 10.6. The van der Waals surface area contributed by atoms with Gasteiger partial charge in [0.25, 0.3) is 0 Å². The highest BCUT2D eigenvalue weighted by Gasteiger charge is 2.25. The van der Waals surface area contributed by atoms with E-state index in [1.54, 1.807) is 6.92 Å². The molecule has 138 valence electrons. The molecule has 0 fully saturated rings. The van der Waals surface area contributed by atoms with Crippen LogP contribution in [-0.2, 0) is 21.5 Å². The van der Waals surface area contributed by atoms with Crippen LogP contribution in [0.15, 0.2) is 48.5 Å². The number of hydrogen-bond acceptors (Lipinski definition) is 6. The summed E-state index contributed by atoms with van der Waals surface area (Å²) in [4.78, 5) is 6.42. The second-order valence-electron chi connectivity index (χ2n) is 5.91. The summed E-state index contributed by atoms with van der Waals surface area (Å²) >= 11 is 0. The van der Waals surface area contributed by atoms with Crippen LogP contribution in [0.2, 0.25) is 0 Å². The van der Waals surface area contributed by atoms with Gasteiger partial charge in [0.1, 0.15) is 6.61 Å². The third kappa shape index (κ3) is 5.56. The molecule has 0 saturated carbocycles. The van der Waals surface area contributed by atoms with Crippen molar-refractivity contribution in [3.8, 4) is 11.8 Å². The number of fused-ring (bicyclic) bond motifs is 1. The monoisotopic (exact) mass is 356 g/mol. The molecule has 0 amide bonds. The Morgan fingerprint density at radius 2 is 1.96 bits per heavy atom. The Morgan fingerprint density at radius 1 is 1.19 bits per heavy atom. The first-order valence-corrected chi connectivity index (χ1v) is 8.27. The number of likely N-dealkylation sites (N-methyl/N-ethyl adjacent to an activating group) is 1. The largest absolute Gasteiger partial charge is 0.398 e. The molecule has 1 heterocycles. The molecule has 1 aliphatic heterocycles. The normalized spacial score (nSPS) is 15.9. The van der Waals surface area contributed by atoms with Gasteiger partial charge in [-0.2, -0.15) is 4.89 Å². The molecule has 3 N–H and O–H groups in total. The average molecular weight is 356 g/mol. The van der Waals surface area contributed by atoms with Crippen molar-refractivity contribution in [2.75, 3.05) is 25.9 Å². The highest BCUT2D eigenvalue weighted by Crippen LogP contribution is 2.35. The van der Waals surface area contributed by atoms with Gasteiger partial charge in [0.2, 0.25) is 0 Å². The van der Waals surface area contributed by atoms with Crippen molar-refractivity contribution in [3.63, 3.8) is 0 Å². The predicted molar refractivity (Wildman–Crippen MR) is 99.7 cm³/mol. The second-order valence-corrected chi connectivity index (χ2v) is 5.91. The summed E-state index contributed by atoms with van der Waals surface area (Å²) in [6.07, 6.45) is 0. The van der Waals surface area contributed by atoms with Gasteiger partial charge in [-0.05, 0) is 46.8 Å². The molecular weight excluding hydrogens is 332 g/mol. The van der Waals surface area contributed by atoms with E-state index in [9.17, 15) is 0 Å². The molecule has 0 aromatic heterocycles. The van der Waals surface area contributed by atoms with E-state index >= 15 is 0 Å². The zero-order chi connectivity index (χ0) is 18.8. The summed E-state index contributed by atoms with van der Waals surface area (Å²) in [5.41, 5.74) is 11.1. The summed E-state index contributed by atoms with van der Waals surface area (Å²) in [5, 5.41) is 14.2. The molecular formula is C20H24N2O4. The minimum absolute atomic E-state index is 0.0804. The fraction of sp³-hybridized carbons (Fsp3) is 0.300. The van der Waals surface area contributed by atoms with Crippen LogP contribution in [0.3, 0.4) is 0 Å². The van der Waals surface area contributed by atoms with Crippen molar-refractivity contribution in [1.29, 1.82) is 0 Å². The first kappa shape index (κ1) is 19.9. The van der Waals surface area contributed by atoms with Crippen LogP contribution >= 0.6 is 0 Å².